The normalized spacial score (nSPS) is 19.6. The molecule has 0 aliphatic carbocycles. The van der Waals surface area contributed by atoms with Gasteiger partial charge in [0.1, 0.15) is 4.88 Å². The Balaban J connectivity index is 2.18. The van der Waals surface area contributed by atoms with Crippen LogP contribution >= 0.6 is 11.3 Å². The van der Waals surface area contributed by atoms with Crippen LogP contribution in [0.4, 0.5) is 5.13 Å². The van der Waals surface area contributed by atoms with Crippen molar-refractivity contribution in [2.75, 3.05) is 25.1 Å². The van der Waals surface area contributed by atoms with E-state index in [0.717, 1.165) is 24.6 Å². The lowest BCUT2D eigenvalue weighted by molar-refractivity contribution is 0.0697. The first-order chi connectivity index (χ1) is 9.32. The number of hydrogen-bond acceptors (Lipinski definition) is 5. The van der Waals surface area contributed by atoms with Crippen molar-refractivity contribution in [1.29, 1.82) is 0 Å². The van der Waals surface area contributed by atoms with Crippen molar-refractivity contribution < 1.29 is 14.6 Å². The molecule has 1 aromatic heterocycles. The molecule has 1 saturated heterocycles. The van der Waals surface area contributed by atoms with Gasteiger partial charge in [0.2, 0.25) is 0 Å². The molecule has 0 spiro atoms. The predicted octanol–water partition coefficient (Wildman–Crippen LogP) is 2.86. The van der Waals surface area contributed by atoms with Gasteiger partial charge in [0, 0.05) is 20.2 Å². The number of thiazole rings is 1. The zero-order chi connectivity index (χ0) is 14.9. The van der Waals surface area contributed by atoms with E-state index in [2.05, 4.69) is 30.7 Å². The molecule has 2 heterocycles. The molecular formula is C14H22N2O3S. The van der Waals surface area contributed by atoms with Crippen LogP contribution in [-0.2, 0) is 11.3 Å². The number of nitrogens with zero attached hydrogens (tertiary/aromatic N) is 2. The molecule has 2 rings (SSSR count). The first kappa shape index (κ1) is 15.3. The van der Waals surface area contributed by atoms with Crippen LogP contribution in [0, 0.1) is 11.3 Å². The van der Waals surface area contributed by atoms with E-state index in [-0.39, 0.29) is 12.0 Å². The maximum absolute atomic E-state index is 11.2. The van der Waals surface area contributed by atoms with Crippen LogP contribution in [0.15, 0.2) is 0 Å². The lowest BCUT2D eigenvalue weighted by atomic mass is 9.80. The summed E-state index contributed by atoms with van der Waals surface area (Å²) >= 11 is 1.25. The topological polar surface area (TPSA) is 62.7 Å². The van der Waals surface area contributed by atoms with Gasteiger partial charge in [-0.3, -0.25) is 0 Å². The Labute approximate surface area is 123 Å². The third-order valence-electron chi connectivity index (χ3n) is 3.84. The summed E-state index contributed by atoms with van der Waals surface area (Å²) in [5.74, 6) is -0.307. The molecule has 1 aromatic rings. The van der Waals surface area contributed by atoms with E-state index in [1.807, 2.05) is 0 Å². The summed E-state index contributed by atoms with van der Waals surface area (Å²) in [4.78, 5) is 18.2. The van der Waals surface area contributed by atoms with E-state index >= 15 is 0 Å². The Morgan fingerprint density at radius 2 is 2.25 bits per heavy atom. The maximum atomic E-state index is 11.2. The standard InChI is InChI=1S/C14H22N2O3S/c1-14(2,3)9-5-6-16(7-9)13-15-10(8-19-4)11(20-13)12(17)18/h9H,5-8H2,1-4H3,(H,17,18). The number of carbonyl (C=O) groups is 1. The van der Waals surface area contributed by atoms with Crippen LogP contribution in [-0.4, -0.2) is 36.3 Å². The second-order valence-electron chi connectivity index (χ2n) is 6.31. The smallest absolute Gasteiger partial charge is 0.347 e. The molecular weight excluding hydrogens is 276 g/mol. The predicted molar refractivity (Wildman–Crippen MR) is 79.6 cm³/mol. The number of methoxy groups -OCH3 is 1. The molecule has 1 unspecified atom stereocenters. The van der Waals surface area contributed by atoms with Gasteiger partial charge in [0.15, 0.2) is 5.13 Å². The molecule has 0 bridgehead atoms. The molecule has 112 valence electrons. The zero-order valence-electron chi connectivity index (χ0n) is 12.5. The summed E-state index contributed by atoms with van der Waals surface area (Å²) in [6, 6.07) is 0. The Bertz CT molecular complexity index is 493. The fourth-order valence-electron chi connectivity index (χ4n) is 2.52. The molecule has 1 fully saturated rings. The van der Waals surface area contributed by atoms with Gasteiger partial charge in [-0.05, 0) is 17.8 Å². The molecule has 6 heteroatoms. The minimum atomic E-state index is -0.924. The molecule has 20 heavy (non-hydrogen) atoms. The van der Waals surface area contributed by atoms with E-state index in [4.69, 9.17) is 4.74 Å². The first-order valence-electron chi connectivity index (χ1n) is 6.79. The zero-order valence-corrected chi connectivity index (χ0v) is 13.3. The van der Waals surface area contributed by atoms with E-state index in [0.29, 0.717) is 16.5 Å². The number of anilines is 1. The largest absolute Gasteiger partial charge is 0.477 e. The van der Waals surface area contributed by atoms with E-state index < -0.39 is 5.97 Å². The van der Waals surface area contributed by atoms with Crippen LogP contribution in [0.25, 0.3) is 0 Å². The molecule has 0 aromatic carbocycles. The van der Waals surface area contributed by atoms with Crippen LogP contribution in [0.5, 0.6) is 0 Å². The summed E-state index contributed by atoms with van der Waals surface area (Å²) in [5, 5.41) is 10.0. The van der Waals surface area contributed by atoms with Crippen LogP contribution in [0.2, 0.25) is 0 Å². The molecule has 0 amide bonds. The highest BCUT2D eigenvalue weighted by Crippen LogP contribution is 2.37. The molecule has 1 N–H and O–H groups in total. The molecule has 5 nitrogen and oxygen atoms in total. The fraction of sp³-hybridized carbons (Fsp3) is 0.714. The van der Waals surface area contributed by atoms with Gasteiger partial charge in [-0.25, -0.2) is 9.78 Å². The average Bonchev–Trinajstić information content (AvgIpc) is 2.93. The van der Waals surface area contributed by atoms with Crippen LogP contribution in [0.1, 0.15) is 42.6 Å². The minimum absolute atomic E-state index is 0.245. The van der Waals surface area contributed by atoms with Gasteiger partial charge >= 0.3 is 5.97 Å². The summed E-state index contributed by atoms with van der Waals surface area (Å²) in [5.41, 5.74) is 0.802. The van der Waals surface area contributed by atoms with E-state index in [1.165, 1.54) is 11.3 Å². The van der Waals surface area contributed by atoms with Gasteiger partial charge in [-0.2, -0.15) is 0 Å². The Hall–Kier alpha value is -1.14. The van der Waals surface area contributed by atoms with Crippen molar-refractivity contribution >= 4 is 22.4 Å². The Morgan fingerprint density at radius 1 is 1.55 bits per heavy atom. The van der Waals surface area contributed by atoms with Crippen molar-refractivity contribution in [2.45, 2.75) is 33.8 Å². The van der Waals surface area contributed by atoms with Gasteiger partial charge < -0.3 is 14.7 Å². The third kappa shape index (κ3) is 3.12. The number of carboxylic acid groups (broad SMARTS) is 1. The number of carboxylic acids is 1. The number of aromatic nitrogens is 1. The molecule has 0 radical (unpaired) electrons. The summed E-state index contributed by atoms with van der Waals surface area (Å²) in [7, 11) is 1.55. The highest BCUT2D eigenvalue weighted by atomic mass is 32.1. The monoisotopic (exact) mass is 298 g/mol. The maximum Gasteiger partial charge on any atom is 0.347 e. The summed E-state index contributed by atoms with van der Waals surface area (Å²) < 4.78 is 5.03. The quantitative estimate of drug-likeness (QED) is 0.926. The minimum Gasteiger partial charge on any atom is -0.477 e. The van der Waals surface area contributed by atoms with Crippen molar-refractivity contribution in [3.05, 3.63) is 10.6 Å². The van der Waals surface area contributed by atoms with Gasteiger partial charge in [-0.1, -0.05) is 32.1 Å². The Morgan fingerprint density at radius 3 is 2.75 bits per heavy atom. The number of rotatable bonds is 4. The molecule has 1 aliphatic rings. The number of aromatic carboxylic acids is 1. The lowest BCUT2D eigenvalue weighted by Gasteiger charge is -2.26. The van der Waals surface area contributed by atoms with Gasteiger partial charge in [0.05, 0.1) is 12.3 Å². The number of hydrogen-bond donors (Lipinski definition) is 1. The van der Waals surface area contributed by atoms with Crippen molar-refractivity contribution in [1.82, 2.24) is 4.98 Å². The molecule has 1 atom stereocenters. The van der Waals surface area contributed by atoms with Crippen LogP contribution < -0.4 is 4.90 Å². The average molecular weight is 298 g/mol. The SMILES string of the molecule is COCc1nc(N2CCC(C(C)(C)C)C2)sc1C(=O)O. The second kappa shape index (κ2) is 5.69. The van der Waals surface area contributed by atoms with Gasteiger partial charge in [-0.15, -0.1) is 0 Å². The molecule has 1 aliphatic heterocycles. The third-order valence-corrected chi connectivity index (χ3v) is 4.99. The van der Waals surface area contributed by atoms with E-state index in [9.17, 15) is 9.90 Å². The number of ether oxygens (including phenoxy) is 1. The first-order valence-corrected chi connectivity index (χ1v) is 7.61. The second-order valence-corrected chi connectivity index (χ2v) is 7.29. The highest BCUT2D eigenvalue weighted by molar-refractivity contribution is 7.17. The summed E-state index contributed by atoms with van der Waals surface area (Å²) in [6.45, 7) is 8.89. The van der Waals surface area contributed by atoms with Gasteiger partial charge in [0.25, 0.3) is 0 Å². The highest BCUT2D eigenvalue weighted by Gasteiger charge is 2.33. The van der Waals surface area contributed by atoms with E-state index in [1.54, 1.807) is 7.11 Å². The van der Waals surface area contributed by atoms with Crippen molar-refractivity contribution in [3.8, 4) is 0 Å². The van der Waals surface area contributed by atoms with Crippen LogP contribution in [0.3, 0.4) is 0 Å². The van der Waals surface area contributed by atoms with Crippen molar-refractivity contribution in [3.63, 3.8) is 0 Å². The summed E-state index contributed by atoms with van der Waals surface area (Å²) in [6.07, 6.45) is 1.13. The van der Waals surface area contributed by atoms with Crippen molar-refractivity contribution in [2.24, 2.45) is 11.3 Å². The fourth-order valence-corrected chi connectivity index (χ4v) is 3.46. The lowest BCUT2D eigenvalue weighted by Crippen LogP contribution is -2.25. The molecule has 0 saturated carbocycles. The Kier molecular flexibility index (Phi) is 4.34.